The normalized spacial score (nSPS) is 18.9. The van der Waals surface area contributed by atoms with Crippen molar-refractivity contribution in [1.82, 2.24) is 5.32 Å². The Morgan fingerprint density at radius 3 is 2.59 bits per heavy atom. The third-order valence-electron chi connectivity index (χ3n) is 3.59. The molecular formula is C15H23NO. The quantitative estimate of drug-likeness (QED) is 0.782. The van der Waals surface area contributed by atoms with Gasteiger partial charge in [0.25, 0.3) is 0 Å². The standard InChI is InChI=1S/C15H23NO/c1-12(13-6-4-3-5-7-13)10-16-15(11-17-2)14-8-9-14/h3-7,12,14-16H,8-11H2,1-2H3. The highest BCUT2D eigenvalue weighted by Gasteiger charge is 2.30. The molecule has 1 N–H and O–H groups in total. The predicted octanol–water partition coefficient (Wildman–Crippen LogP) is 2.80. The summed E-state index contributed by atoms with van der Waals surface area (Å²) in [7, 11) is 1.79. The van der Waals surface area contributed by atoms with Crippen molar-refractivity contribution in [3.05, 3.63) is 35.9 Å². The Morgan fingerprint density at radius 2 is 2.00 bits per heavy atom. The van der Waals surface area contributed by atoms with Crippen molar-refractivity contribution in [2.45, 2.75) is 31.7 Å². The van der Waals surface area contributed by atoms with Crippen LogP contribution >= 0.6 is 0 Å². The fourth-order valence-corrected chi connectivity index (χ4v) is 2.27. The topological polar surface area (TPSA) is 21.3 Å². The lowest BCUT2D eigenvalue weighted by Crippen LogP contribution is -2.37. The number of hydrogen-bond acceptors (Lipinski definition) is 2. The van der Waals surface area contributed by atoms with E-state index in [2.05, 4.69) is 42.6 Å². The number of hydrogen-bond donors (Lipinski definition) is 1. The predicted molar refractivity (Wildman–Crippen MR) is 71.2 cm³/mol. The summed E-state index contributed by atoms with van der Waals surface area (Å²) in [5, 5.41) is 3.66. The minimum Gasteiger partial charge on any atom is -0.383 e. The summed E-state index contributed by atoms with van der Waals surface area (Å²) in [6.45, 7) is 4.15. The van der Waals surface area contributed by atoms with Crippen LogP contribution in [0.5, 0.6) is 0 Å². The van der Waals surface area contributed by atoms with Crippen LogP contribution in [0, 0.1) is 5.92 Å². The van der Waals surface area contributed by atoms with Crippen molar-refractivity contribution < 1.29 is 4.74 Å². The van der Waals surface area contributed by atoms with E-state index in [9.17, 15) is 0 Å². The van der Waals surface area contributed by atoms with Gasteiger partial charge in [0.1, 0.15) is 0 Å². The van der Waals surface area contributed by atoms with Gasteiger partial charge in [0.2, 0.25) is 0 Å². The Morgan fingerprint density at radius 1 is 1.29 bits per heavy atom. The van der Waals surface area contributed by atoms with E-state index in [1.165, 1.54) is 18.4 Å². The van der Waals surface area contributed by atoms with E-state index in [-0.39, 0.29) is 0 Å². The Bertz CT molecular complexity index is 321. The highest BCUT2D eigenvalue weighted by Crippen LogP contribution is 2.32. The van der Waals surface area contributed by atoms with E-state index in [0.717, 1.165) is 19.1 Å². The van der Waals surface area contributed by atoms with Crippen molar-refractivity contribution >= 4 is 0 Å². The minimum atomic E-state index is 0.547. The molecule has 2 atom stereocenters. The molecule has 0 radical (unpaired) electrons. The number of nitrogens with one attached hydrogen (secondary N) is 1. The fourth-order valence-electron chi connectivity index (χ4n) is 2.27. The fraction of sp³-hybridized carbons (Fsp3) is 0.600. The molecule has 1 aromatic rings. The minimum absolute atomic E-state index is 0.547. The maximum absolute atomic E-state index is 5.28. The molecule has 0 spiro atoms. The molecule has 2 heteroatoms. The van der Waals surface area contributed by atoms with Crippen LogP contribution in [0.1, 0.15) is 31.2 Å². The van der Waals surface area contributed by atoms with Gasteiger partial charge in [0, 0.05) is 19.7 Å². The zero-order chi connectivity index (χ0) is 12.1. The van der Waals surface area contributed by atoms with Gasteiger partial charge >= 0.3 is 0 Å². The van der Waals surface area contributed by atoms with Gasteiger partial charge in [-0.1, -0.05) is 37.3 Å². The molecule has 94 valence electrons. The SMILES string of the molecule is COCC(NCC(C)c1ccccc1)C1CC1. The Balaban J connectivity index is 1.80. The molecule has 1 aromatic carbocycles. The van der Waals surface area contributed by atoms with Gasteiger partial charge in [-0.2, -0.15) is 0 Å². The van der Waals surface area contributed by atoms with E-state index in [4.69, 9.17) is 4.74 Å². The Kier molecular flexibility index (Phi) is 4.57. The largest absolute Gasteiger partial charge is 0.383 e. The van der Waals surface area contributed by atoms with Gasteiger partial charge in [-0.15, -0.1) is 0 Å². The first-order chi connectivity index (χ1) is 8.31. The summed E-state index contributed by atoms with van der Waals surface area (Å²) in [5.41, 5.74) is 1.41. The summed E-state index contributed by atoms with van der Waals surface area (Å²) in [6.07, 6.45) is 2.72. The molecule has 0 aromatic heterocycles. The molecule has 1 fully saturated rings. The van der Waals surface area contributed by atoms with E-state index in [1.54, 1.807) is 7.11 Å². The van der Waals surface area contributed by atoms with Crippen LogP contribution in [-0.4, -0.2) is 26.3 Å². The van der Waals surface area contributed by atoms with E-state index < -0.39 is 0 Å². The molecule has 2 unspecified atom stereocenters. The molecule has 1 saturated carbocycles. The molecule has 0 heterocycles. The lowest BCUT2D eigenvalue weighted by Gasteiger charge is -2.20. The average molecular weight is 233 g/mol. The lowest BCUT2D eigenvalue weighted by molar-refractivity contribution is 0.157. The van der Waals surface area contributed by atoms with Gasteiger partial charge < -0.3 is 10.1 Å². The number of benzene rings is 1. The molecule has 0 bridgehead atoms. The van der Waals surface area contributed by atoms with E-state index in [0.29, 0.717) is 12.0 Å². The first-order valence-corrected chi connectivity index (χ1v) is 6.58. The van der Waals surface area contributed by atoms with E-state index >= 15 is 0 Å². The zero-order valence-electron chi connectivity index (χ0n) is 10.9. The molecule has 0 amide bonds. The molecule has 1 aliphatic rings. The van der Waals surface area contributed by atoms with Crippen molar-refractivity contribution in [3.8, 4) is 0 Å². The molecular weight excluding hydrogens is 210 g/mol. The van der Waals surface area contributed by atoms with Gasteiger partial charge in [-0.05, 0) is 30.2 Å². The number of methoxy groups -OCH3 is 1. The Labute approximate surface area is 104 Å². The van der Waals surface area contributed by atoms with Crippen LogP contribution in [0.4, 0.5) is 0 Å². The van der Waals surface area contributed by atoms with Crippen molar-refractivity contribution in [2.75, 3.05) is 20.3 Å². The van der Waals surface area contributed by atoms with Crippen LogP contribution in [0.15, 0.2) is 30.3 Å². The second kappa shape index (κ2) is 6.18. The van der Waals surface area contributed by atoms with Crippen LogP contribution in [-0.2, 0) is 4.74 Å². The first kappa shape index (κ1) is 12.6. The number of rotatable bonds is 7. The van der Waals surface area contributed by atoms with Gasteiger partial charge in [0.15, 0.2) is 0 Å². The second-order valence-electron chi connectivity index (χ2n) is 5.12. The first-order valence-electron chi connectivity index (χ1n) is 6.58. The maximum atomic E-state index is 5.28. The third kappa shape index (κ3) is 3.83. The monoisotopic (exact) mass is 233 g/mol. The summed E-state index contributed by atoms with van der Waals surface area (Å²) >= 11 is 0. The van der Waals surface area contributed by atoms with Gasteiger partial charge in [-0.3, -0.25) is 0 Å². The molecule has 0 aliphatic heterocycles. The highest BCUT2D eigenvalue weighted by molar-refractivity contribution is 5.19. The molecule has 1 aliphatic carbocycles. The van der Waals surface area contributed by atoms with Crippen molar-refractivity contribution in [1.29, 1.82) is 0 Å². The van der Waals surface area contributed by atoms with Crippen LogP contribution in [0.25, 0.3) is 0 Å². The highest BCUT2D eigenvalue weighted by atomic mass is 16.5. The average Bonchev–Trinajstić information content (AvgIpc) is 3.19. The smallest absolute Gasteiger partial charge is 0.0618 e. The van der Waals surface area contributed by atoms with Crippen LogP contribution in [0.3, 0.4) is 0 Å². The summed E-state index contributed by atoms with van der Waals surface area (Å²) in [6, 6.07) is 11.2. The molecule has 2 rings (SSSR count). The van der Waals surface area contributed by atoms with Gasteiger partial charge in [0.05, 0.1) is 6.61 Å². The molecule has 2 nitrogen and oxygen atoms in total. The summed E-state index contributed by atoms with van der Waals surface area (Å²) in [5.74, 6) is 1.41. The second-order valence-corrected chi connectivity index (χ2v) is 5.12. The molecule has 17 heavy (non-hydrogen) atoms. The third-order valence-corrected chi connectivity index (χ3v) is 3.59. The summed E-state index contributed by atoms with van der Waals surface area (Å²) in [4.78, 5) is 0. The lowest BCUT2D eigenvalue weighted by atomic mass is 10.0. The molecule has 0 saturated heterocycles. The van der Waals surface area contributed by atoms with Crippen molar-refractivity contribution in [3.63, 3.8) is 0 Å². The van der Waals surface area contributed by atoms with E-state index in [1.807, 2.05) is 0 Å². The van der Waals surface area contributed by atoms with Crippen LogP contribution in [0.2, 0.25) is 0 Å². The summed E-state index contributed by atoms with van der Waals surface area (Å²) < 4.78 is 5.28. The van der Waals surface area contributed by atoms with Gasteiger partial charge in [-0.25, -0.2) is 0 Å². The Hall–Kier alpha value is -0.860. The number of ether oxygens (including phenoxy) is 1. The van der Waals surface area contributed by atoms with Crippen LogP contribution < -0.4 is 5.32 Å². The maximum Gasteiger partial charge on any atom is 0.0618 e. The zero-order valence-corrected chi connectivity index (χ0v) is 10.9. The van der Waals surface area contributed by atoms with Crippen molar-refractivity contribution in [2.24, 2.45) is 5.92 Å².